The molecule has 0 saturated heterocycles. The van der Waals surface area contributed by atoms with Gasteiger partial charge in [-0.25, -0.2) is 19.2 Å². The minimum atomic E-state index is -0.752. The minimum Gasteiger partial charge on any atom is -0.448 e. The Hall–Kier alpha value is -14.9. The third kappa shape index (κ3) is 26.6. The smallest absolute Gasteiger partial charge is 0.412 e. The van der Waals surface area contributed by atoms with E-state index in [1.807, 2.05) is 319 Å². The lowest BCUT2D eigenvalue weighted by Gasteiger charge is -2.26. The summed E-state index contributed by atoms with van der Waals surface area (Å²) in [6.07, 6.45) is 25.9. The summed E-state index contributed by atoms with van der Waals surface area (Å²) >= 11 is 10.8. The number of nitrogens with one attached hydrogen (secondary N) is 3. The normalized spacial score (nSPS) is 12.8. The van der Waals surface area contributed by atoms with Crippen molar-refractivity contribution < 1.29 is 57.3 Å². The Bertz CT molecular complexity index is 6220. The fourth-order valence-electron chi connectivity index (χ4n) is 15.6. The van der Waals surface area contributed by atoms with Gasteiger partial charge in [0.2, 0.25) is 5.91 Å². The quantitative estimate of drug-likeness (QED) is 0.0342. The zero-order valence-electron chi connectivity index (χ0n) is 74.6. The van der Waals surface area contributed by atoms with Crippen molar-refractivity contribution in [2.45, 2.75) is 143 Å². The van der Waals surface area contributed by atoms with Crippen molar-refractivity contribution in [3.8, 4) is 0 Å². The van der Waals surface area contributed by atoms with Crippen LogP contribution in [0.25, 0.3) is 0 Å². The highest BCUT2D eigenvalue weighted by Gasteiger charge is 2.32. The Kier molecular flexibility index (Phi) is 32.5. The van der Waals surface area contributed by atoms with Gasteiger partial charge in [-0.3, -0.25) is 54.7 Å². The molecule has 7 heterocycles. The van der Waals surface area contributed by atoms with Crippen LogP contribution in [0.4, 0.5) is 87.4 Å². The Morgan fingerprint density at radius 2 is 0.606 bits per heavy atom. The van der Waals surface area contributed by atoms with Crippen LogP contribution in [0.3, 0.4) is 0 Å². The molecular weight excluding hydrogens is 1700 g/mol. The highest BCUT2D eigenvalue weighted by molar-refractivity contribution is 6.61. The number of aryl methyl sites for hydroxylation is 8. The van der Waals surface area contributed by atoms with Gasteiger partial charge in [0.05, 0.1) is 45.5 Å². The number of amides is 7. The predicted octanol–water partition coefficient (Wildman–Crippen LogP) is 23.6. The summed E-state index contributed by atoms with van der Waals surface area (Å²) in [5.41, 5.74) is 24.0. The number of nitrogens with two attached hydrogens (primary N) is 1. The first kappa shape index (κ1) is 94.7. The van der Waals surface area contributed by atoms with Gasteiger partial charge in [-0.1, -0.05) is 182 Å². The summed E-state index contributed by atoms with van der Waals surface area (Å²) in [4.78, 5) is 107. The largest absolute Gasteiger partial charge is 0.448 e. The number of allylic oxidation sites excluding steroid dienone is 4. The number of rotatable bonds is 14. The number of hydrogen-bond acceptors (Lipinski definition) is 13. The predicted molar refractivity (Wildman–Crippen MR) is 524 cm³/mol. The number of benzene rings is 10. The van der Waals surface area contributed by atoms with Gasteiger partial charge in [0.15, 0.2) is 0 Å². The summed E-state index contributed by atoms with van der Waals surface area (Å²) in [5, 5.41) is 8.35. The number of anilines is 12. The Morgan fingerprint density at radius 3 is 0.894 bits per heavy atom. The molecule has 5 aliphatic rings. The summed E-state index contributed by atoms with van der Waals surface area (Å²) < 4.78 is 26.2. The number of para-hydroxylation sites is 4. The molecule has 23 nitrogen and oxygen atoms in total. The molecule has 0 bridgehead atoms. The summed E-state index contributed by atoms with van der Waals surface area (Å²) in [6.45, 7) is 11.9. The van der Waals surface area contributed by atoms with Gasteiger partial charge in [0.1, 0.15) is 49.9 Å². The summed E-state index contributed by atoms with van der Waals surface area (Å²) in [7, 11) is 0. The molecular formula is C107H107Cl2N11O12. The van der Waals surface area contributed by atoms with Crippen LogP contribution in [0.1, 0.15) is 104 Å². The van der Waals surface area contributed by atoms with E-state index in [0.717, 1.165) is 153 Å². The fraction of sp³-hybridized carbons (Fsp3) is 0.215. The first-order valence-electron chi connectivity index (χ1n) is 43.7. The van der Waals surface area contributed by atoms with Crippen LogP contribution in [0.15, 0.2) is 328 Å². The number of hydrogen-bond donors (Lipinski definition) is 4. The van der Waals surface area contributed by atoms with E-state index in [4.69, 9.17) is 43.1 Å². The van der Waals surface area contributed by atoms with Gasteiger partial charge in [-0.05, 0) is 264 Å². The van der Waals surface area contributed by atoms with E-state index >= 15 is 0 Å². The monoisotopic (exact) mass is 1810 g/mol. The molecule has 13 aromatic rings. The molecule has 7 amide bonds. The molecule has 25 heteroatoms. The second-order valence-corrected chi connectivity index (χ2v) is 34.2. The topological polar surface area (TPSA) is 263 Å². The average Bonchev–Trinajstić information content (AvgIpc) is 1.62. The molecule has 132 heavy (non-hydrogen) atoms. The summed E-state index contributed by atoms with van der Waals surface area (Å²) in [5.74, 6) is -0.398. The summed E-state index contributed by atoms with van der Waals surface area (Å²) in [6, 6.07) is 85.2. The molecule has 10 aromatic carbocycles. The number of alkyl halides is 1. The van der Waals surface area contributed by atoms with Crippen LogP contribution in [-0.4, -0.2) is 78.1 Å². The van der Waals surface area contributed by atoms with Crippen molar-refractivity contribution >= 4 is 139 Å². The molecule has 1 aliphatic carbocycles. The zero-order chi connectivity index (χ0) is 93.1. The maximum Gasteiger partial charge on any atom is 0.412 e. The number of fused-ring (bicyclic) bond motifs is 8. The number of carbonyl (C=O) groups is 8. The molecule has 0 atom stereocenters. The average molecular weight is 1810 g/mol. The number of nitrogen functional groups attached to an aromatic ring is 1. The number of ether oxygens (including phenoxy) is 4. The van der Waals surface area contributed by atoms with Crippen molar-refractivity contribution in [1.82, 2.24) is 13.7 Å². The number of halogens is 2. The van der Waals surface area contributed by atoms with Crippen molar-refractivity contribution in [2.75, 3.05) is 47.2 Å². The third-order valence-electron chi connectivity index (χ3n) is 21.6. The van der Waals surface area contributed by atoms with Crippen LogP contribution in [0.2, 0.25) is 0 Å². The van der Waals surface area contributed by atoms with Crippen LogP contribution in [0, 0.1) is 0 Å². The highest BCUT2D eigenvalue weighted by atomic mass is 35.5. The molecule has 18 rings (SSSR count). The van der Waals surface area contributed by atoms with Crippen LogP contribution in [-0.2, 0) is 122 Å². The second-order valence-electron chi connectivity index (χ2n) is 33.6. The van der Waals surface area contributed by atoms with E-state index < -0.39 is 34.9 Å². The molecule has 3 aromatic heterocycles. The van der Waals surface area contributed by atoms with Gasteiger partial charge >= 0.3 is 23.7 Å². The van der Waals surface area contributed by atoms with Crippen LogP contribution >= 0.6 is 23.2 Å². The molecule has 676 valence electrons. The van der Waals surface area contributed by atoms with Gasteiger partial charge in [0, 0.05) is 71.5 Å². The van der Waals surface area contributed by atoms with Crippen molar-refractivity contribution in [1.29, 1.82) is 0 Å². The maximum absolute atomic E-state index is 13.5. The third-order valence-corrected chi connectivity index (χ3v) is 21.9. The lowest BCUT2D eigenvalue weighted by molar-refractivity contribution is -0.119. The molecule has 0 saturated carbocycles. The van der Waals surface area contributed by atoms with E-state index in [0.29, 0.717) is 29.3 Å². The van der Waals surface area contributed by atoms with E-state index in [2.05, 4.69) is 63.2 Å². The zero-order valence-corrected chi connectivity index (χ0v) is 76.2. The Balaban J connectivity index is 0.000000143. The lowest BCUT2D eigenvalue weighted by atomic mass is 10.0. The van der Waals surface area contributed by atoms with E-state index in [9.17, 15) is 38.4 Å². The molecule has 4 aliphatic heterocycles. The van der Waals surface area contributed by atoms with E-state index in [-0.39, 0.29) is 55.8 Å². The molecule has 0 radical (unpaired) electrons. The first-order valence-corrected chi connectivity index (χ1v) is 44.6. The van der Waals surface area contributed by atoms with E-state index in [1.54, 1.807) is 41.5 Å². The molecule has 0 spiro atoms. The second kappa shape index (κ2) is 45.4. The number of nitrogens with zero attached hydrogens (tertiary/aromatic N) is 7. The van der Waals surface area contributed by atoms with Crippen LogP contribution in [0.5, 0.6) is 0 Å². The van der Waals surface area contributed by atoms with Crippen molar-refractivity contribution in [3.05, 3.63) is 384 Å². The number of aromatic nitrogens is 3. The first-order chi connectivity index (χ1) is 63.8. The molecule has 0 unspecified atom stereocenters. The molecule has 5 N–H and O–H groups in total. The van der Waals surface area contributed by atoms with E-state index in [1.165, 1.54) is 5.56 Å². The SMILES string of the molecule is C1=CCC=C1.CC(C)(C)OC(=O)Cl.CC(C)(C)OC(=O)Nc1ccc2c(c1)N(C(=O)Cn1cccc1)c1ccccc1CC2.Nc1ccc2c(c1)N(C(=O)Cn1cccc1)c1ccccc1CC2.O=C(Nc1ccc2c(c1)N(C(=O)CCl)c1ccccc1CC2)OCc1ccccc1.O=C(Nc1ccc2c(c1)N(C(=O)Cn1cccc1)c1ccccc1CC2)OCc1ccccc1. The lowest BCUT2D eigenvalue weighted by Crippen LogP contribution is -2.30. The van der Waals surface area contributed by atoms with Crippen molar-refractivity contribution in [2.24, 2.45) is 0 Å². The fourth-order valence-corrected chi connectivity index (χ4v) is 15.9. The standard InChI is InChI=1S/C28H25N3O3.C25H27N3O3.C24H21ClN2O3.C20H19N3O.C5H9ClO2.C5H6/c32-27(19-30-16-6-7-17-30)31-25-11-5-4-10-22(25)12-13-23-14-15-24(18-26(23)31)29-28(33)34-20-21-8-2-1-3-9-21;1-25(2,3)31-24(30)26-20-13-12-19-11-10-18-8-4-5-9-21(18)28(22(19)16-20)23(29)17-27-14-6-7-15-27;25-15-23(28)27-21-9-5-4-8-18(21)10-11-19-12-13-20(14-22(19)27)26-24(29)30-16-17-6-2-1-3-7-17;21-17-10-9-16-8-7-15-5-1-2-6-18(15)23(19(16)13-17)20(24)14-22-11-3-4-12-22;1-5(2,3)8-4(6)7;1-2-4-5-3-1/h1-11,14-18H,12-13,19-20H2,(H,29,33);4-9,12-16H,10-11,17H2,1-3H3,(H,26,30);1-9,12-14H,10-11,15-16H2,(H,26,29);1-6,9-13H,7-8,14,21H2;1-3H3;1-4H,5H2. The maximum atomic E-state index is 13.5. The highest BCUT2D eigenvalue weighted by Crippen LogP contribution is 2.43. The van der Waals surface area contributed by atoms with Gasteiger partial charge < -0.3 is 38.4 Å². The Morgan fingerprint density at radius 1 is 0.326 bits per heavy atom. The Labute approximate surface area is 779 Å². The van der Waals surface area contributed by atoms with Gasteiger partial charge in [-0.2, -0.15) is 0 Å². The minimum absolute atomic E-state index is 0.0346. The molecule has 0 fully saturated rings. The number of carbonyl (C=O) groups excluding carboxylic acids is 8. The van der Waals surface area contributed by atoms with Gasteiger partial charge in [0.25, 0.3) is 17.7 Å². The van der Waals surface area contributed by atoms with Gasteiger partial charge in [-0.15, -0.1) is 11.6 Å². The van der Waals surface area contributed by atoms with Crippen LogP contribution < -0.4 is 41.3 Å². The van der Waals surface area contributed by atoms with Crippen molar-refractivity contribution in [3.63, 3.8) is 0 Å².